The van der Waals surface area contributed by atoms with E-state index in [0.717, 1.165) is 18.5 Å². The van der Waals surface area contributed by atoms with Crippen LogP contribution in [0.2, 0.25) is 0 Å². The maximum Gasteiger partial charge on any atom is 0.0196 e. The van der Waals surface area contributed by atoms with Gasteiger partial charge in [0.15, 0.2) is 0 Å². The first-order valence-corrected chi connectivity index (χ1v) is 7.23. The summed E-state index contributed by atoms with van der Waals surface area (Å²) in [5.41, 5.74) is 6.38. The SMILES string of the molecule is CN(CC(N)C1CCCCC1)C1CCCC1. The molecule has 0 spiro atoms. The van der Waals surface area contributed by atoms with Crippen molar-refractivity contribution in [3.8, 4) is 0 Å². The fraction of sp³-hybridized carbons (Fsp3) is 1.00. The van der Waals surface area contributed by atoms with Gasteiger partial charge in [0.1, 0.15) is 0 Å². The lowest BCUT2D eigenvalue weighted by Crippen LogP contribution is -2.44. The van der Waals surface area contributed by atoms with Crippen LogP contribution in [0.3, 0.4) is 0 Å². The smallest absolute Gasteiger partial charge is 0.0196 e. The minimum absolute atomic E-state index is 0.422. The van der Waals surface area contributed by atoms with Crippen molar-refractivity contribution in [1.82, 2.24) is 4.90 Å². The molecule has 0 aromatic rings. The van der Waals surface area contributed by atoms with Crippen molar-refractivity contribution >= 4 is 0 Å². The van der Waals surface area contributed by atoms with E-state index in [1.165, 1.54) is 57.8 Å². The van der Waals surface area contributed by atoms with E-state index in [0.29, 0.717) is 6.04 Å². The van der Waals surface area contributed by atoms with Crippen LogP contribution in [-0.4, -0.2) is 30.6 Å². The third-order valence-corrected chi connectivity index (χ3v) is 4.70. The van der Waals surface area contributed by atoms with Crippen LogP contribution in [0.1, 0.15) is 57.8 Å². The summed E-state index contributed by atoms with van der Waals surface area (Å²) in [6.45, 7) is 1.12. The summed E-state index contributed by atoms with van der Waals surface area (Å²) in [6.07, 6.45) is 12.6. The van der Waals surface area contributed by atoms with Gasteiger partial charge in [-0.15, -0.1) is 0 Å². The number of hydrogen-bond donors (Lipinski definition) is 1. The molecule has 1 unspecified atom stereocenters. The molecule has 16 heavy (non-hydrogen) atoms. The highest BCUT2D eigenvalue weighted by molar-refractivity contribution is 4.82. The maximum atomic E-state index is 6.38. The van der Waals surface area contributed by atoms with Crippen molar-refractivity contribution in [1.29, 1.82) is 0 Å². The van der Waals surface area contributed by atoms with Gasteiger partial charge < -0.3 is 10.6 Å². The molecule has 2 rings (SSSR count). The predicted octanol–water partition coefficient (Wildman–Crippen LogP) is 2.77. The summed E-state index contributed by atoms with van der Waals surface area (Å²) < 4.78 is 0. The molecule has 2 N–H and O–H groups in total. The molecular weight excluding hydrogens is 196 g/mol. The Balaban J connectivity index is 1.74. The van der Waals surface area contributed by atoms with Crippen molar-refractivity contribution in [3.63, 3.8) is 0 Å². The average Bonchev–Trinajstić information content (AvgIpc) is 2.83. The predicted molar refractivity (Wildman–Crippen MR) is 69.4 cm³/mol. The van der Waals surface area contributed by atoms with Crippen LogP contribution >= 0.6 is 0 Å². The minimum Gasteiger partial charge on any atom is -0.326 e. The molecule has 0 aromatic carbocycles. The van der Waals surface area contributed by atoms with Crippen LogP contribution in [0.5, 0.6) is 0 Å². The first-order valence-electron chi connectivity index (χ1n) is 7.23. The summed E-state index contributed by atoms with van der Waals surface area (Å²) in [7, 11) is 2.28. The van der Waals surface area contributed by atoms with Crippen LogP contribution in [0.4, 0.5) is 0 Å². The van der Waals surface area contributed by atoms with Gasteiger partial charge >= 0.3 is 0 Å². The van der Waals surface area contributed by atoms with E-state index >= 15 is 0 Å². The molecule has 0 amide bonds. The van der Waals surface area contributed by atoms with Gasteiger partial charge in [-0.1, -0.05) is 32.1 Å². The van der Waals surface area contributed by atoms with Crippen LogP contribution in [0.15, 0.2) is 0 Å². The molecule has 1 atom stereocenters. The molecule has 0 bridgehead atoms. The molecule has 0 radical (unpaired) electrons. The van der Waals surface area contributed by atoms with E-state index in [4.69, 9.17) is 5.73 Å². The minimum atomic E-state index is 0.422. The molecule has 0 saturated heterocycles. The Morgan fingerprint density at radius 1 is 1.00 bits per heavy atom. The van der Waals surface area contributed by atoms with Gasteiger partial charge in [-0.05, 0) is 38.6 Å². The Bertz CT molecular complexity index is 193. The number of rotatable bonds is 4. The molecule has 94 valence electrons. The van der Waals surface area contributed by atoms with Crippen molar-refractivity contribution in [2.75, 3.05) is 13.6 Å². The third-order valence-electron chi connectivity index (χ3n) is 4.70. The lowest BCUT2D eigenvalue weighted by atomic mass is 9.84. The van der Waals surface area contributed by atoms with Crippen molar-refractivity contribution < 1.29 is 0 Å². The lowest BCUT2D eigenvalue weighted by Gasteiger charge is -2.33. The summed E-state index contributed by atoms with van der Waals surface area (Å²) in [6, 6.07) is 1.25. The second-order valence-electron chi connectivity index (χ2n) is 5.94. The largest absolute Gasteiger partial charge is 0.326 e. The van der Waals surface area contributed by atoms with Gasteiger partial charge in [-0.25, -0.2) is 0 Å². The van der Waals surface area contributed by atoms with Crippen LogP contribution in [-0.2, 0) is 0 Å². The number of nitrogens with two attached hydrogens (primary N) is 1. The molecule has 0 aliphatic heterocycles. The van der Waals surface area contributed by atoms with Gasteiger partial charge in [0.05, 0.1) is 0 Å². The maximum absolute atomic E-state index is 6.38. The van der Waals surface area contributed by atoms with Gasteiger partial charge in [0.2, 0.25) is 0 Å². The summed E-state index contributed by atoms with van der Waals surface area (Å²) in [5, 5.41) is 0. The summed E-state index contributed by atoms with van der Waals surface area (Å²) in [5.74, 6) is 0.803. The molecule has 2 fully saturated rings. The highest BCUT2D eigenvalue weighted by Gasteiger charge is 2.25. The fourth-order valence-corrected chi connectivity index (χ4v) is 3.54. The molecular formula is C14H28N2. The topological polar surface area (TPSA) is 29.3 Å². The number of likely N-dealkylation sites (N-methyl/N-ethyl adjacent to an activating group) is 1. The van der Waals surface area contributed by atoms with Gasteiger partial charge in [-0.3, -0.25) is 0 Å². The molecule has 2 aliphatic rings. The summed E-state index contributed by atoms with van der Waals surface area (Å²) >= 11 is 0. The van der Waals surface area contributed by atoms with E-state index in [2.05, 4.69) is 11.9 Å². The first kappa shape index (κ1) is 12.4. The Morgan fingerprint density at radius 3 is 2.19 bits per heavy atom. The molecule has 2 heteroatoms. The Morgan fingerprint density at radius 2 is 1.56 bits per heavy atom. The second-order valence-corrected chi connectivity index (χ2v) is 5.94. The van der Waals surface area contributed by atoms with Gasteiger partial charge in [0.25, 0.3) is 0 Å². The van der Waals surface area contributed by atoms with E-state index < -0.39 is 0 Å². The fourth-order valence-electron chi connectivity index (χ4n) is 3.54. The van der Waals surface area contributed by atoms with Crippen molar-refractivity contribution in [2.45, 2.75) is 69.9 Å². The monoisotopic (exact) mass is 224 g/mol. The standard InChI is InChI=1S/C14H28N2/c1-16(13-9-5-6-10-13)11-14(15)12-7-3-2-4-8-12/h12-14H,2-11,15H2,1H3. The first-order chi connectivity index (χ1) is 7.77. The third kappa shape index (κ3) is 3.21. The molecule has 2 nitrogen and oxygen atoms in total. The van der Waals surface area contributed by atoms with Gasteiger partial charge in [-0.2, -0.15) is 0 Å². The van der Waals surface area contributed by atoms with Crippen LogP contribution in [0, 0.1) is 5.92 Å². The Kier molecular flexibility index (Phi) is 4.66. The Labute approximate surface area is 101 Å². The zero-order valence-corrected chi connectivity index (χ0v) is 10.8. The zero-order chi connectivity index (χ0) is 11.4. The van der Waals surface area contributed by atoms with E-state index in [1.807, 2.05) is 0 Å². The number of nitrogens with zero attached hydrogens (tertiary/aromatic N) is 1. The molecule has 2 saturated carbocycles. The normalized spacial score (nSPS) is 26.4. The number of hydrogen-bond acceptors (Lipinski definition) is 2. The average molecular weight is 224 g/mol. The van der Waals surface area contributed by atoms with E-state index in [1.54, 1.807) is 0 Å². The Hall–Kier alpha value is -0.0800. The summed E-state index contributed by atoms with van der Waals surface area (Å²) in [4.78, 5) is 2.53. The van der Waals surface area contributed by atoms with E-state index in [-0.39, 0.29) is 0 Å². The molecule has 2 aliphatic carbocycles. The van der Waals surface area contributed by atoms with Gasteiger partial charge in [0, 0.05) is 18.6 Å². The lowest BCUT2D eigenvalue weighted by molar-refractivity contribution is 0.190. The second kappa shape index (κ2) is 6.02. The quantitative estimate of drug-likeness (QED) is 0.795. The van der Waals surface area contributed by atoms with Crippen LogP contribution < -0.4 is 5.73 Å². The zero-order valence-electron chi connectivity index (χ0n) is 10.8. The van der Waals surface area contributed by atoms with Crippen molar-refractivity contribution in [2.24, 2.45) is 11.7 Å². The molecule has 0 heterocycles. The molecule has 0 aromatic heterocycles. The van der Waals surface area contributed by atoms with Crippen LogP contribution in [0.25, 0.3) is 0 Å². The van der Waals surface area contributed by atoms with Crippen molar-refractivity contribution in [3.05, 3.63) is 0 Å². The highest BCUT2D eigenvalue weighted by Crippen LogP contribution is 2.27. The van der Waals surface area contributed by atoms with E-state index in [9.17, 15) is 0 Å². The highest BCUT2D eigenvalue weighted by atomic mass is 15.1.